The second-order valence-corrected chi connectivity index (χ2v) is 26.2. The molecule has 0 spiro atoms. The summed E-state index contributed by atoms with van der Waals surface area (Å²) >= 11 is 0. The molecule has 0 unspecified atom stereocenters. The van der Waals surface area contributed by atoms with Crippen molar-refractivity contribution in [2.24, 2.45) is 35.5 Å². The van der Waals surface area contributed by atoms with Gasteiger partial charge < -0.3 is 0 Å². The van der Waals surface area contributed by atoms with Crippen molar-refractivity contribution in [2.75, 3.05) is 0 Å². The van der Waals surface area contributed by atoms with Gasteiger partial charge in [0.1, 0.15) is 0 Å². The summed E-state index contributed by atoms with van der Waals surface area (Å²) in [4.78, 5) is 11.0. The molecular weight excluding hydrogens is 787 g/mol. The van der Waals surface area contributed by atoms with Gasteiger partial charge in [-0.3, -0.25) is 0 Å². The maximum Gasteiger partial charge on any atom is 0.0709 e. The van der Waals surface area contributed by atoms with Gasteiger partial charge in [-0.05, 0) is 199 Å². The average Bonchev–Trinajstić information content (AvgIpc) is 3.29. The Labute approximate surface area is 370 Å². The third-order valence-corrected chi connectivity index (χ3v) is 23.3. The van der Waals surface area contributed by atoms with Gasteiger partial charge in [0, 0.05) is 24.9 Å². The fourth-order valence-electron chi connectivity index (χ4n) is 15.4. The fourth-order valence-corrected chi connectivity index (χ4v) is 22.7. The number of benzene rings is 5. The van der Waals surface area contributed by atoms with E-state index in [1.54, 1.807) is 11.1 Å². The Morgan fingerprint density at radius 3 is 1.19 bits per heavy atom. The van der Waals surface area contributed by atoms with Crippen LogP contribution in [-0.4, -0.2) is 20.3 Å². The lowest BCUT2D eigenvalue weighted by atomic mass is 9.55. The summed E-state index contributed by atoms with van der Waals surface area (Å²) in [6.07, 6.45) is 20.6. The van der Waals surface area contributed by atoms with Crippen molar-refractivity contribution >= 4 is 48.5 Å². The Balaban J connectivity index is 1.02. The van der Waals surface area contributed by atoms with Crippen molar-refractivity contribution in [3.05, 3.63) is 157 Å². The molecule has 62 heavy (non-hydrogen) atoms. The predicted molar refractivity (Wildman–Crippen MR) is 263 cm³/mol. The zero-order valence-electron chi connectivity index (χ0n) is 36.0. The molecule has 2 aromatic heterocycles. The number of fused-ring (bicyclic) bond motifs is 2. The number of hydrogen-bond donors (Lipinski definition) is 0. The number of aromatic nitrogens is 2. The summed E-state index contributed by atoms with van der Waals surface area (Å²) in [5.41, 5.74) is 13.1. The van der Waals surface area contributed by atoms with Crippen LogP contribution in [0.1, 0.15) is 88.2 Å². The van der Waals surface area contributed by atoms with Crippen LogP contribution >= 0.6 is 15.8 Å². The zero-order valence-corrected chi connectivity index (χ0v) is 37.8. The monoisotopic (exact) mass is 844 g/mol. The molecule has 8 bridgehead atoms. The number of hydrogen-bond acceptors (Lipinski definition) is 2. The number of nitrogens with zero attached hydrogens (tertiary/aromatic N) is 2. The second kappa shape index (κ2) is 15.2. The summed E-state index contributed by atoms with van der Waals surface area (Å²) in [5.74, 6) is 5.87. The van der Waals surface area contributed by atoms with Crippen molar-refractivity contribution in [1.29, 1.82) is 0 Å². The van der Waals surface area contributed by atoms with Crippen LogP contribution in [0, 0.1) is 35.5 Å². The first kappa shape index (κ1) is 38.3. The molecule has 0 radical (unpaired) electrons. The summed E-state index contributed by atoms with van der Waals surface area (Å²) in [7, 11) is -1.18. The quantitative estimate of drug-likeness (QED) is 0.128. The molecule has 8 saturated carbocycles. The van der Waals surface area contributed by atoms with E-state index in [-0.39, 0.29) is 7.92 Å². The van der Waals surface area contributed by atoms with Gasteiger partial charge in [0.15, 0.2) is 0 Å². The van der Waals surface area contributed by atoms with E-state index in [1.165, 1.54) is 127 Å². The third-order valence-electron chi connectivity index (χ3n) is 17.0. The third kappa shape index (κ3) is 6.72. The van der Waals surface area contributed by atoms with E-state index in [2.05, 4.69) is 146 Å². The fraction of sp³-hybridized carbons (Fsp3) is 0.379. The topological polar surface area (TPSA) is 25.8 Å². The summed E-state index contributed by atoms with van der Waals surface area (Å²) in [5, 5.41) is 3.52. The van der Waals surface area contributed by atoms with Crippen LogP contribution in [0.3, 0.4) is 0 Å². The van der Waals surface area contributed by atoms with E-state index in [0.29, 0.717) is 10.3 Å². The van der Waals surface area contributed by atoms with E-state index in [1.807, 2.05) is 0 Å². The Morgan fingerprint density at radius 1 is 0.403 bits per heavy atom. The van der Waals surface area contributed by atoms with E-state index in [4.69, 9.17) is 9.97 Å². The van der Waals surface area contributed by atoms with E-state index in [9.17, 15) is 0 Å². The van der Waals surface area contributed by atoms with Crippen LogP contribution in [0.25, 0.3) is 44.1 Å². The largest absolute Gasteiger partial charge is 0.248 e. The van der Waals surface area contributed by atoms with Crippen molar-refractivity contribution < 1.29 is 0 Å². The first-order valence-electron chi connectivity index (χ1n) is 24.1. The van der Waals surface area contributed by atoms with Crippen molar-refractivity contribution in [3.63, 3.8) is 0 Å². The van der Waals surface area contributed by atoms with Crippen LogP contribution in [0.15, 0.2) is 146 Å². The van der Waals surface area contributed by atoms with Crippen molar-refractivity contribution in [3.8, 4) is 22.3 Å². The van der Waals surface area contributed by atoms with Gasteiger partial charge in [-0.2, -0.15) is 0 Å². The van der Waals surface area contributed by atoms with Crippen LogP contribution < -0.4 is 10.9 Å². The molecule has 0 N–H and O–H groups in total. The van der Waals surface area contributed by atoms with Crippen LogP contribution in [0.2, 0.25) is 0 Å². The van der Waals surface area contributed by atoms with E-state index >= 15 is 0 Å². The van der Waals surface area contributed by atoms with Crippen LogP contribution in [0.5, 0.6) is 0 Å². The van der Waals surface area contributed by atoms with Crippen molar-refractivity contribution in [2.45, 2.75) is 99.7 Å². The lowest BCUT2D eigenvalue weighted by molar-refractivity contribution is 0.0184. The van der Waals surface area contributed by atoms with Crippen LogP contribution in [0.4, 0.5) is 0 Å². The molecule has 0 aliphatic heterocycles. The normalized spacial score (nSPS) is 29.8. The summed E-state index contributed by atoms with van der Waals surface area (Å²) in [6.45, 7) is 0. The highest BCUT2D eigenvalue weighted by molar-refractivity contribution is 7.71. The first-order chi connectivity index (χ1) is 30.5. The maximum atomic E-state index is 5.51. The molecule has 8 aliphatic rings. The highest BCUT2D eigenvalue weighted by atomic mass is 31.1. The Kier molecular flexibility index (Phi) is 9.38. The lowest BCUT2D eigenvalue weighted by Gasteiger charge is -2.67. The SMILES string of the molecule is c1ccc(-c2cc(CP(c3ccc4ccccc4n3)c3ccc4ccccc4n3)c(CP(C34CC5CC(CC(C5)C3)C4)C34CC5CC(CC(C5)C3)C4)cc2-c2ccccc2)cc1. The Bertz CT molecular complexity index is 2600. The molecule has 2 nitrogen and oxygen atoms in total. The van der Waals surface area contributed by atoms with Gasteiger partial charge in [0.2, 0.25) is 0 Å². The van der Waals surface area contributed by atoms with Gasteiger partial charge in [-0.1, -0.05) is 117 Å². The summed E-state index contributed by atoms with van der Waals surface area (Å²) in [6, 6.07) is 54.7. The van der Waals surface area contributed by atoms with Gasteiger partial charge in [0.25, 0.3) is 0 Å². The number of pyridine rings is 2. The van der Waals surface area contributed by atoms with Crippen LogP contribution in [-0.2, 0) is 12.3 Å². The second-order valence-electron chi connectivity index (χ2n) is 21.1. The van der Waals surface area contributed by atoms with Gasteiger partial charge in [-0.15, -0.1) is 0 Å². The van der Waals surface area contributed by atoms with Gasteiger partial charge in [-0.25, -0.2) is 9.97 Å². The maximum absolute atomic E-state index is 5.51. The molecule has 2 heterocycles. The number of para-hydroxylation sites is 2. The molecule has 8 aliphatic carbocycles. The molecular formula is C58H58N2P2. The molecule has 7 aromatic rings. The minimum absolute atomic E-state index is 0.251. The standard InChI is InChI=1S/C58H58N2P2/c1-3-11-45(12-4-1)51-29-49(37-61(55-21-19-47-15-7-9-17-53(47)59-55)56-22-20-48-16-8-10-18-54(48)60-56)50(30-52(51)46-13-5-2-6-14-46)38-62(57-31-39-23-40(32-57)25-41(24-39)33-57)58-34-42-26-43(35-58)28-44(27-42)36-58/h1-22,29-30,39-44H,23-28,31-38H2. The highest BCUT2D eigenvalue weighted by Crippen LogP contribution is 2.80. The number of rotatable bonds is 10. The summed E-state index contributed by atoms with van der Waals surface area (Å²) < 4.78 is 0. The molecule has 0 saturated heterocycles. The van der Waals surface area contributed by atoms with Gasteiger partial charge >= 0.3 is 0 Å². The van der Waals surface area contributed by atoms with Gasteiger partial charge in [0.05, 0.1) is 21.9 Å². The molecule has 4 heteroatoms. The average molecular weight is 845 g/mol. The Hall–Kier alpha value is -4.22. The molecule has 310 valence electrons. The molecule has 15 rings (SSSR count). The van der Waals surface area contributed by atoms with E-state index in [0.717, 1.165) is 52.7 Å². The lowest BCUT2D eigenvalue weighted by Crippen LogP contribution is -2.56. The molecule has 5 aromatic carbocycles. The minimum Gasteiger partial charge on any atom is -0.248 e. The zero-order chi connectivity index (χ0) is 40.8. The molecule has 0 atom stereocenters. The highest BCUT2D eigenvalue weighted by Gasteiger charge is 2.62. The minimum atomic E-state index is -0.929. The van der Waals surface area contributed by atoms with E-state index < -0.39 is 7.92 Å². The molecule has 8 fully saturated rings. The first-order valence-corrected chi connectivity index (χ1v) is 27.1. The smallest absolute Gasteiger partial charge is 0.0709 e. The molecule has 0 amide bonds. The predicted octanol–water partition coefficient (Wildman–Crippen LogP) is 14.7. The van der Waals surface area contributed by atoms with Crippen molar-refractivity contribution in [1.82, 2.24) is 9.97 Å². The Morgan fingerprint density at radius 2 is 0.774 bits per heavy atom.